The molecule has 0 aliphatic carbocycles. The van der Waals surface area contributed by atoms with Crippen molar-refractivity contribution in [1.82, 2.24) is 0 Å². The Hall–Kier alpha value is -2.22. The molecule has 0 aliphatic heterocycles. The number of allylic oxidation sites excluding steroid dienone is 3. The topological polar surface area (TPSA) is 35.2 Å². The van der Waals surface area contributed by atoms with Crippen molar-refractivity contribution in [1.29, 1.82) is 0 Å². The van der Waals surface area contributed by atoms with Gasteiger partial charge in [-0.05, 0) is 47.7 Å². The molecular formula is C16H17NO. The molecule has 2 nitrogen and oxygen atoms in total. The van der Waals surface area contributed by atoms with Gasteiger partial charge in [-0.15, -0.1) is 0 Å². The molecule has 2 aromatic rings. The number of fused-ring (bicyclic) bond motifs is 1. The largest absolute Gasteiger partial charge is 0.497 e. The van der Waals surface area contributed by atoms with Crippen LogP contribution in [0.1, 0.15) is 12.5 Å². The van der Waals surface area contributed by atoms with Gasteiger partial charge in [0.25, 0.3) is 0 Å². The molecule has 0 fully saturated rings. The van der Waals surface area contributed by atoms with Gasteiger partial charge in [0.05, 0.1) is 7.11 Å². The van der Waals surface area contributed by atoms with Crippen molar-refractivity contribution >= 4 is 22.0 Å². The minimum atomic E-state index is 0.762. The van der Waals surface area contributed by atoms with Gasteiger partial charge >= 0.3 is 0 Å². The third-order valence-electron chi connectivity index (χ3n) is 3.02. The van der Waals surface area contributed by atoms with Crippen LogP contribution in [0.15, 0.2) is 49.1 Å². The Morgan fingerprint density at radius 1 is 1.28 bits per heavy atom. The number of methoxy groups -OCH3 is 1. The minimum Gasteiger partial charge on any atom is -0.497 e. The number of hydrogen-bond donors (Lipinski definition) is 1. The minimum absolute atomic E-state index is 0.762. The highest BCUT2D eigenvalue weighted by molar-refractivity contribution is 5.96. The molecule has 0 radical (unpaired) electrons. The lowest BCUT2D eigenvalue weighted by atomic mass is 10.00. The lowest BCUT2D eigenvalue weighted by Gasteiger charge is -2.09. The molecular weight excluding hydrogens is 222 g/mol. The molecule has 0 atom stereocenters. The maximum Gasteiger partial charge on any atom is 0.119 e. The van der Waals surface area contributed by atoms with Gasteiger partial charge < -0.3 is 10.5 Å². The van der Waals surface area contributed by atoms with Crippen LogP contribution in [0.2, 0.25) is 0 Å². The molecule has 0 amide bonds. The number of hydrogen-bond acceptors (Lipinski definition) is 2. The predicted molar refractivity (Wildman–Crippen MR) is 78.8 cm³/mol. The Kier molecular flexibility index (Phi) is 3.38. The second-order valence-electron chi connectivity index (χ2n) is 4.24. The van der Waals surface area contributed by atoms with E-state index in [0.717, 1.165) is 33.3 Å². The lowest BCUT2D eigenvalue weighted by Crippen LogP contribution is -1.91. The van der Waals surface area contributed by atoms with E-state index in [4.69, 9.17) is 10.5 Å². The fraction of sp³-hybridized carbons (Fsp3) is 0.125. The highest BCUT2D eigenvalue weighted by Gasteiger charge is 2.04. The van der Waals surface area contributed by atoms with Crippen LogP contribution in [0.4, 0.5) is 5.69 Å². The SMILES string of the molecule is C=CC=C(C)c1cc(N)c2cc(OC)ccc2c1. The molecule has 2 N–H and O–H groups in total. The molecule has 18 heavy (non-hydrogen) atoms. The van der Waals surface area contributed by atoms with Crippen molar-refractivity contribution in [2.24, 2.45) is 0 Å². The van der Waals surface area contributed by atoms with E-state index in [2.05, 4.69) is 12.6 Å². The molecule has 2 heteroatoms. The van der Waals surface area contributed by atoms with E-state index in [1.54, 1.807) is 13.2 Å². The Balaban J connectivity index is 2.63. The molecule has 0 saturated heterocycles. The van der Waals surface area contributed by atoms with Gasteiger partial charge in [0, 0.05) is 11.1 Å². The normalized spacial score (nSPS) is 11.6. The van der Waals surface area contributed by atoms with Crippen LogP contribution in [-0.2, 0) is 0 Å². The predicted octanol–water partition coefficient (Wildman–Crippen LogP) is 4.02. The number of rotatable bonds is 3. The van der Waals surface area contributed by atoms with E-state index in [1.165, 1.54) is 0 Å². The van der Waals surface area contributed by atoms with Crippen molar-refractivity contribution in [2.75, 3.05) is 12.8 Å². The summed E-state index contributed by atoms with van der Waals surface area (Å²) in [5.41, 5.74) is 9.13. The van der Waals surface area contributed by atoms with Gasteiger partial charge in [-0.25, -0.2) is 0 Å². The average molecular weight is 239 g/mol. The Labute approximate surface area is 107 Å². The third-order valence-corrected chi connectivity index (χ3v) is 3.02. The van der Waals surface area contributed by atoms with Gasteiger partial charge in [-0.1, -0.05) is 24.8 Å². The van der Waals surface area contributed by atoms with E-state index in [9.17, 15) is 0 Å². The maximum atomic E-state index is 6.11. The summed E-state index contributed by atoms with van der Waals surface area (Å²) in [6.45, 7) is 5.76. The number of ether oxygens (including phenoxy) is 1. The summed E-state index contributed by atoms with van der Waals surface area (Å²) >= 11 is 0. The third kappa shape index (κ3) is 2.23. The number of nitrogen functional groups attached to an aromatic ring is 1. The van der Waals surface area contributed by atoms with Crippen molar-refractivity contribution in [3.05, 3.63) is 54.6 Å². The smallest absolute Gasteiger partial charge is 0.119 e. The lowest BCUT2D eigenvalue weighted by molar-refractivity contribution is 0.415. The quantitative estimate of drug-likeness (QED) is 0.648. The second-order valence-corrected chi connectivity index (χ2v) is 4.24. The zero-order chi connectivity index (χ0) is 13.1. The summed E-state index contributed by atoms with van der Waals surface area (Å²) < 4.78 is 5.21. The van der Waals surface area contributed by atoms with E-state index in [1.807, 2.05) is 37.3 Å². The molecule has 0 unspecified atom stereocenters. The maximum absolute atomic E-state index is 6.11. The summed E-state index contributed by atoms with van der Waals surface area (Å²) in [6, 6.07) is 10.0. The van der Waals surface area contributed by atoms with E-state index < -0.39 is 0 Å². The monoisotopic (exact) mass is 239 g/mol. The van der Waals surface area contributed by atoms with Crippen LogP contribution in [0.3, 0.4) is 0 Å². The standard InChI is InChI=1S/C16H17NO/c1-4-5-11(2)13-8-12-6-7-14(18-3)10-15(12)16(17)9-13/h4-10H,1,17H2,2-3H3. The molecule has 0 aromatic heterocycles. The summed E-state index contributed by atoms with van der Waals surface area (Å²) in [4.78, 5) is 0. The fourth-order valence-electron chi connectivity index (χ4n) is 1.99. The van der Waals surface area contributed by atoms with Crippen LogP contribution >= 0.6 is 0 Å². The van der Waals surface area contributed by atoms with Gasteiger partial charge in [0.1, 0.15) is 5.75 Å². The number of benzene rings is 2. The Bertz CT molecular complexity index is 626. The Morgan fingerprint density at radius 3 is 2.72 bits per heavy atom. The highest BCUT2D eigenvalue weighted by atomic mass is 16.5. The molecule has 2 rings (SSSR count). The van der Waals surface area contributed by atoms with Gasteiger partial charge in [0.2, 0.25) is 0 Å². The first-order valence-corrected chi connectivity index (χ1v) is 5.82. The van der Waals surface area contributed by atoms with E-state index >= 15 is 0 Å². The van der Waals surface area contributed by atoms with Crippen LogP contribution in [0, 0.1) is 0 Å². The van der Waals surface area contributed by atoms with Crippen molar-refractivity contribution < 1.29 is 4.74 Å². The van der Waals surface area contributed by atoms with Crippen LogP contribution in [0.25, 0.3) is 16.3 Å². The zero-order valence-electron chi connectivity index (χ0n) is 10.7. The molecule has 0 aliphatic rings. The van der Waals surface area contributed by atoms with Gasteiger partial charge in [0.15, 0.2) is 0 Å². The van der Waals surface area contributed by atoms with Crippen LogP contribution in [0.5, 0.6) is 5.75 Å². The molecule has 0 bridgehead atoms. The zero-order valence-corrected chi connectivity index (χ0v) is 10.7. The van der Waals surface area contributed by atoms with Crippen molar-refractivity contribution in [2.45, 2.75) is 6.92 Å². The van der Waals surface area contributed by atoms with E-state index in [0.29, 0.717) is 0 Å². The first-order valence-electron chi connectivity index (χ1n) is 5.82. The first-order chi connectivity index (χ1) is 8.65. The molecule has 2 aromatic carbocycles. The van der Waals surface area contributed by atoms with Crippen LogP contribution in [-0.4, -0.2) is 7.11 Å². The summed E-state index contributed by atoms with van der Waals surface area (Å²) in [5, 5.41) is 2.13. The molecule has 0 heterocycles. The van der Waals surface area contributed by atoms with Crippen LogP contribution < -0.4 is 10.5 Å². The fourth-order valence-corrected chi connectivity index (χ4v) is 1.99. The number of nitrogens with two attached hydrogens (primary N) is 1. The average Bonchev–Trinajstić information content (AvgIpc) is 2.38. The summed E-state index contributed by atoms with van der Waals surface area (Å²) in [7, 11) is 1.66. The van der Waals surface area contributed by atoms with Gasteiger partial charge in [-0.2, -0.15) is 0 Å². The van der Waals surface area contributed by atoms with E-state index in [-0.39, 0.29) is 0 Å². The summed E-state index contributed by atoms with van der Waals surface area (Å²) in [5.74, 6) is 0.820. The number of anilines is 1. The van der Waals surface area contributed by atoms with Crippen molar-refractivity contribution in [3.8, 4) is 5.75 Å². The first kappa shape index (κ1) is 12.2. The highest BCUT2D eigenvalue weighted by Crippen LogP contribution is 2.29. The second kappa shape index (κ2) is 4.96. The van der Waals surface area contributed by atoms with Gasteiger partial charge in [-0.3, -0.25) is 0 Å². The molecule has 92 valence electrons. The summed E-state index contributed by atoms with van der Waals surface area (Å²) in [6.07, 6.45) is 3.76. The van der Waals surface area contributed by atoms with Crippen molar-refractivity contribution in [3.63, 3.8) is 0 Å². The Morgan fingerprint density at radius 2 is 2.06 bits per heavy atom. The molecule has 0 saturated carbocycles. The molecule has 0 spiro atoms.